The van der Waals surface area contributed by atoms with E-state index in [1.807, 2.05) is 12.1 Å². The highest BCUT2D eigenvalue weighted by molar-refractivity contribution is 5.53. The van der Waals surface area contributed by atoms with Gasteiger partial charge in [0, 0.05) is 38.3 Å². The smallest absolute Gasteiger partial charge is 0.247 e. The summed E-state index contributed by atoms with van der Waals surface area (Å²) in [4.78, 5) is 4.88. The van der Waals surface area contributed by atoms with Crippen molar-refractivity contribution in [2.75, 3.05) is 26.2 Å². The van der Waals surface area contributed by atoms with Crippen LogP contribution in [0.5, 0.6) is 0 Å². The average molecular weight is 348 g/mol. The van der Waals surface area contributed by atoms with Crippen LogP contribution in [0, 0.1) is 6.92 Å². The van der Waals surface area contributed by atoms with Crippen molar-refractivity contribution >= 4 is 0 Å². The van der Waals surface area contributed by atoms with Gasteiger partial charge < -0.3 is 4.42 Å². The minimum atomic E-state index is 0.603. The van der Waals surface area contributed by atoms with E-state index in [9.17, 15) is 0 Å². The van der Waals surface area contributed by atoms with Gasteiger partial charge in [0.1, 0.15) is 0 Å². The zero-order valence-electron chi connectivity index (χ0n) is 15.1. The van der Waals surface area contributed by atoms with Gasteiger partial charge in [-0.2, -0.15) is 0 Å². The van der Waals surface area contributed by atoms with Crippen LogP contribution in [0.2, 0.25) is 0 Å². The molecule has 2 heterocycles. The molecule has 134 valence electrons. The molecule has 5 nitrogen and oxygen atoms in total. The Balaban J connectivity index is 1.31. The van der Waals surface area contributed by atoms with Crippen molar-refractivity contribution in [3.8, 4) is 11.5 Å². The van der Waals surface area contributed by atoms with Gasteiger partial charge in [-0.25, -0.2) is 0 Å². The van der Waals surface area contributed by atoms with E-state index in [0.717, 1.165) is 44.8 Å². The standard InChI is InChI=1S/C21H24N4O/c1-17-6-5-9-19(14-17)21-23-22-20(26-21)16-25-12-10-24(11-13-25)15-18-7-3-2-4-8-18/h2-9,14H,10-13,15-16H2,1H3. The summed E-state index contributed by atoms with van der Waals surface area (Å²) in [5.41, 5.74) is 3.55. The molecule has 2 aromatic carbocycles. The van der Waals surface area contributed by atoms with Crippen LogP contribution in [0.3, 0.4) is 0 Å². The summed E-state index contributed by atoms with van der Waals surface area (Å²) in [6.45, 7) is 7.98. The molecule has 5 heteroatoms. The van der Waals surface area contributed by atoms with Crippen molar-refractivity contribution in [1.82, 2.24) is 20.0 Å². The molecule has 1 fully saturated rings. The molecule has 0 radical (unpaired) electrons. The maximum Gasteiger partial charge on any atom is 0.247 e. The molecule has 4 rings (SSSR count). The van der Waals surface area contributed by atoms with E-state index in [4.69, 9.17) is 4.42 Å². The number of piperazine rings is 1. The minimum Gasteiger partial charge on any atom is -0.419 e. The van der Waals surface area contributed by atoms with E-state index in [0.29, 0.717) is 11.8 Å². The molecule has 1 aliphatic rings. The Morgan fingerprint density at radius 2 is 1.58 bits per heavy atom. The molecule has 0 N–H and O–H groups in total. The number of hydrogen-bond acceptors (Lipinski definition) is 5. The van der Waals surface area contributed by atoms with Gasteiger partial charge in [0.15, 0.2) is 0 Å². The minimum absolute atomic E-state index is 0.603. The van der Waals surface area contributed by atoms with E-state index in [-0.39, 0.29) is 0 Å². The van der Waals surface area contributed by atoms with Gasteiger partial charge in [-0.1, -0.05) is 48.0 Å². The van der Waals surface area contributed by atoms with Crippen molar-refractivity contribution in [3.05, 3.63) is 71.6 Å². The zero-order chi connectivity index (χ0) is 17.8. The lowest BCUT2D eigenvalue weighted by Gasteiger charge is -2.33. The quantitative estimate of drug-likeness (QED) is 0.707. The topological polar surface area (TPSA) is 45.4 Å². The SMILES string of the molecule is Cc1cccc(-c2nnc(CN3CCN(Cc4ccccc4)CC3)o2)c1. The van der Waals surface area contributed by atoms with Crippen LogP contribution in [-0.4, -0.2) is 46.2 Å². The van der Waals surface area contributed by atoms with Crippen LogP contribution >= 0.6 is 0 Å². The molecule has 1 aromatic heterocycles. The fourth-order valence-corrected chi connectivity index (χ4v) is 3.35. The van der Waals surface area contributed by atoms with Crippen molar-refractivity contribution in [1.29, 1.82) is 0 Å². The van der Waals surface area contributed by atoms with Crippen LogP contribution in [0.4, 0.5) is 0 Å². The van der Waals surface area contributed by atoms with Gasteiger partial charge in [-0.15, -0.1) is 10.2 Å². The third kappa shape index (κ3) is 4.18. The maximum atomic E-state index is 5.87. The number of benzene rings is 2. The first-order chi connectivity index (χ1) is 12.8. The predicted molar refractivity (Wildman–Crippen MR) is 101 cm³/mol. The number of hydrogen-bond donors (Lipinski definition) is 0. The highest BCUT2D eigenvalue weighted by atomic mass is 16.4. The van der Waals surface area contributed by atoms with Crippen molar-refractivity contribution in [2.45, 2.75) is 20.0 Å². The highest BCUT2D eigenvalue weighted by Crippen LogP contribution is 2.20. The summed E-state index contributed by atoms with van der Waals surface area (Å²) in [7, 11) is 0. The Labute approximate surface area is 154 Å². The molecular formula is C21H24N4O. The second kappa shape index (κ2) is 7.81. The van der Waals surface area contributed by atoms with Crippen LogP contribution < -0.4 is 0 Å². The monoisotopic (exact) mass is 348 g/mol. The number of aromatic nitrogens is 2. The lowest BCUT2D eigenvalue weighted by molar-refractivity contribution is 0.114. The van der Waals surface area contributed by atoms with Gasteiger partial charge in [0.05, 0.1) is 6.54 Å². The Morgan fingerprint density at radius 1 is 0.846 bits per heavy atom. The highest BCUT2D eigenvalue weighted by Gasteiger charge is 2.19. The Kier molecular flexibility index (Phi) is 5.09. The van der Waals surface area contributed by atoms with E-state index >= 15 is 0 Å². The third-order valence-corrected chi connectivity index (χ3v) is 4.80. The first-order valence-corrected chi connectivity index (χ1v) is 9.14. The second-order valence-corrected chi connectivity index (χ2v) is 6.91. The van der Waals surface area contributed by atoms with Crippen molar-refractivity contribution in [2.24, 2.45) is 0 Å². The maximum absolute atomic E-state index is 5.87. The lowest BCUT2D eigenvalue weighted by atomic mass is 10.1. The van der Waals surface area contributed by atoms with Gasteiger partial charge in [-0.3, -0.25) is 9.80 Å². The Morgan fingerprint density at radius 3 is 2.31 bits per heavy atom. The molecular weight excluding hydrogens is 324 g/mol. The molecule has 1 saturated heterocycles. The normalized spacial score (nSPS) is 16.0. The van der Waals surface area contributed by atoms with E-state index in [1.54, 1.807) is 0 Å². The van der Waals surface area contributed by atoms with Gasteiger partial charge >= 0.3 is 0 Å². The van der Waals surface area contributed by atoms with Gasteiger partial charge in [0.25, 0.3) is 0 Å². The number of rotatable bonds is 5. The van der Waals surface area contributed by atoms with Crippen LogP contribution in [0.25, 0.3) is 11.5 Å². The molecule has 26 heavy (non-hydrogen) atoms. The van der Waals surface area contributed by atoms with E-state index in [2.05, 4.69) is 69.4 Å². The van der Waals surface area contributed by atoms with Crippen LogP contribution in [0.1, 0.15) is 17.0 Å². The largest absolute Gasteiger partial charge is 0.419 e. The number of aryl methyl sites for hydroxylation is 1. The second-order valence-electron chi connectivity index (χ2n) is 6.91. The number of nitrogens with zero attached hydrogens (tertiary/aromatic N) is 4. The van der Waals surface area contributed by atoms with E-state index in [1.165, 1.54) is 11.1 Å². The van der Waals surface area contributed by atoms with Crippen LogP contribution in [0.15, 0.2) is 59.0 Å². The molecule has 0 spiro atoms. The molecule has 0 aliphatic carbocycles. The summed E-state index contributed by atoms with van der Waals surface area (Å²) in [5, 5.41) is 8.44. The fraction of sp³-hybridized carbons (Fsp3) is 0.333. The average Bonchev–Trinajstić information content (AvgIpc) is 3.13. The summed E-state index contributed by atoms with van der Waals surface area (Å²) in [5.74, 6) is 1.30. The van der Waals surface area contributed by atoms with E-state index < -0.39 is 0 Å². The van der Waals surface area contributed by atoms with Gasteiger partial charge in [0.2, 0.25) is 11.8 Å². The third-order valence-electron chi connectivity index (χ3n) is 4.80. The summed E-state index contributed by atoms with van der Waals surface area (Å²) in [6.07, 6.45) is 0. The molecule has 1 aliphatic heterocycles. The molecule has 0 atom stereocenters. The van der Waals surface area contributed by atoms with Crippen LogP contribution in [-0.2, 0) is 13.1 Å². The molecule has 0 amide bonds. The summed E-state index contributed by atoms with van der Waals surface area (Å²) < 4.78 is 5.87. The Bertz CT molecular complexity index is 838. The molecule has 3 aromatic rings. The first kappa shape index (κ1) is 16.9. The molecule has 0 unspecified atom stereocenters. The summed E-state index contributed by atoms with van der Waals surface area (Å²) in [6, 6.07) is 18.8. The molecule has 0 bridgehead atoms. The lowest BCUT2D eigenvalue weighted by Crippen LogP contribution is -2.45. The molecule has 0 saturated carbocycles. The van der Waals surface area contributed by atoms with Gasteiger partial charge in [-0.05, 0) is 24.6 Å². The van der Waals surface area contributed by atoms with Crippen molar-refractivity contribution < 1.29 is 4.42 Å². The fourth-order valence-electron chi connectivity index (χ4n) is 3.35. The Hall–Kier alpha value is -2.50. The zero-order valence-corrected chi connectivity index (χ0v) is 15.1. The summed E-state index contributed by atoms with van der Waals surface area (Å²) >= 11 is 0. The predicted octanol–water partition coefficient (Wildman–Crippen LogP) is 3.36. The first-order valence-electron chi connectivity index (χ1n) is 9.14. The van der Waals surface area contributed by atoms with Crippen molar-refractivity contribution in [3.63, 3.8) is 0 Å².